The molecular weight excluding hydrogens is 282 g/mol. The molecule has 1 aromatic rings. The summed E-state index contributed by atoms with van der Waals surface area (Å²) in [6.45, 7) is 6.84. The molecule has 2 unspecified atom stereocenters. The van der Waals surface area contributed by atoms with Crippen LogP contribution in [0, 0.1) is 0 Å². The van der Waals surface area contributed by atoms with Gasteiger partial charge in [0.25, 0.3) is 0 Å². The Kier molecular flexibility index (Phi) is 5.44. The molecule has 0 saturated carbocycles. The molecule has 1 aliphatic carbocycles. The lowest BCUT2D eigenvalue weighted by molar-refractivity contribution is 0.472. The first-order valence-electron chi connectivity index (χ1n) is 8.09. The zero-order valence-corrected chi connectivity index (χ0v) is 14.2. The van der Waals surface area contributed by atoms with Gasteiger partial charge in [-0.2, -0.15) is 0 Å². The number of benzene rings is 1. The topological polar surface area (TPSA) is 46.2 Å². The highest BCUT2D eigenvalue weighted by Gasteiger charge is 2.30. The van der Waals surface area contributed by atoms with E-state index in [1.54, 1.807) is 6.07 Å². The fraction of sp³-hybridized carbons (Fsp3) is 0.647. The lowest BCUT2D eigenvalue weighted by atomic mass is 10.1. The number of hydrogen-bond donors (Lipinski definition) is 1. The van der Waals surface area contributed by atoms with Crippen molar-refractivity contribution in [1.82, 2.24) is 5.32 Å². The minimum Gasteiger partial charge on any atom is -0.313 e. The summed E-state index contributed by atoms with van der Waals surface area (Å²) in [5, 5.41) is 2.97. The Morgan fingerprint density at radius 1 is 1.19 bits per heavy atom. The number of hydrogen-bond acceptors (Lipinski definition) is 3. The normalized spacial score (nSPS) is 17.5. The van der Waals surface area contributed by atoms with Crippen LogP contribution in [0.4, 0.5) is 0 Å². The van der Waals surface area contributed by atoms with Crippen molar-refractivity contribution in [3.63, 3.8) is 0 Å². The molecule has 21 heavy (non-hydrogen) atoms. The molecule has 0 bridgehead atoms. The highest BCUT2D eigenvalue weighted by molar-refractivity contribution is 7.92. The predicted molar refractivity (Wildman–Crippen MR) is 87.5 cm³/mol. The van der Waals surface area contributed by atoms with E-state index < -0.39 is 15.1 Å². The summed E-state index contributed by atoms with van der Waals surface area (Å²) in [4.78, 5) is 0.493. The maximum Gasteiger partial charge on any atom is 0.182 e. The molecular formula is C17H27NO2S. The summed E-state index contributed by atoms with van der Waals surface area (Å²) in [7, 11) is -3.26. The first kappa shape index (κ1) is 16.5. The quantitative estimate of drug-likeness (QED) is 0.842. The van der Waals surface area contributed by atoms with Crippen LogP contribution in [-0.4, -0.2) is 26.3 Å². The summed E-state index contributed by atoms with van der Waals surface area (Å²) in [6.07, 6.45) is 5.08. The van der Waals surface area contributed by atoms with Crippen molar-refractivity contribution in [2.45, 2.75) is 69.1 Å². The first-order valence-corrected chi connectivity index (χ1v) is 9.64. The number of fused-ring (bicyclic) bond motifs is 1. The summed E-state index contributed by atoms with van der Waals surface area (Å²) < 4.78 is 25.7. The molecule has 2 atom stereocenters. The van der Waals surface area contributed by atoms with E-state index in [4.69, 9.17) is 0 Å². The number of rotatable bonds is 7. The molecule has 1 N–H and O–H groups in total. The molecule has 0 amide bonds. The van der Waals surface area contributed by atoms with Crippen LogP contribution in [0.25, 0.3) is 0 Å². The zero-order chi connectivity index (χ0) is 15.5. The number of nitrogens with one attached hydrogen (secondary N) is 1. The minimum atomic E-state index is -3.26. The van der Waals surface area contributed by atoms with Crippen LogP contribution in [0.1, 0.15) is 51.2 Å². The smallest absolute Gasteiger partial charge is 0.182 e. The van der Waals surface area contributed by atoms with Gasteiger partial charge in [0.15, 0.2) is 9.84 Å². The third kappa shape index (κ3) is 3.49. The molecule has 0 radical (unpaired) electrons. The third-order valence-electron chi connectivity index (χ3n) is 4.55. The van der Waals surface area contributed by atoms with Crippen molar-refractivity contribution in [2.75, 3.05) is 6.54 Å². The third-order valence-corrected chi connectivity index (χ3v) is 6.77. The number of aryl methyl sites for hydroxylation is 2. The summed E-state index contributed by atoms with van der Waals surface area (Å²) in [5.74, 6) is 0. The Labute approximate surface area is 129 Å². The van der Waals surface area contributed by atoms with Gasteiger partial charge in [-0.25, -0.2) is 8.42 Å². The van der Waals surface area contributed by atoms with Gasteiger partial charge in [0, 0.05) is 6.04 Å². The van der Waals surface area contributed by atoms with Gasteiger partial charge in [0.1, 0.15) is 0 Å². The minimum absolute atomic E-state index is 0.0169. The van der Waals surface area contributed by atoms with Gasteiger partial charge in [-0.3, -0.25) is 0 Å². The average molecular weight is 309 g/mol. The van der Waals surface area contributed by atoms with Crippen molar-refractivity contribution in [3.05, 3.63) is 29.3 Å². The van der Waals surface area contributed by atoms with Crippen LogP contribution in [0.5, 0.6) is 0 Å². The molecule has 0 fully saturated rings. The van der Waals surface area contributed by atoms with Gasteiger partial charge in [0.2, 0.25) is 0 Å². The molecule has 0 aliphatic heterocycles. The van der Waals surface area contributed by atoms with E-state index in [9.17, 15) is 8.42 Å². The van der Waals surface area contributed by atoms with E-state index in [1.165, 1.54) is 11.1 Å². The van der Waals surface area contributed by atoms with Crippen molar-refractivity contribution in [3.8, 4) is 0 Å². The monoisotopic (exact) mass is 309 g/mol. The fourth-order valence-corrected chi connectivity index (χ4v) is 4.84. The Hall–Kier alpha value is -0.870. The molecule has 4 heteroatoms. The van der Waals surface area contributed by atoms with Gasteiger partial charge in [-0.1, -0.05) is 19.9 Å². The Balaban J connectivity index is 2.24. The van der Waals surface area contributed by atoms with Crippen molar-refractivity contribution in [1.29, 1.82) is 0 Å². The van der Waals surface area contributed by atoms with Crippen LogP contribution >= 0.6 is 0 Å². The van der Waals surface area contributed by atoms with Crippen molar-refractivity contribution < 1.29 is 8.42 Å². The SMILES string of the molecule is CCCNC(CC)C(C)S(=O)(=O)c1ccc2c(c1)CCC2. The average Bonchev–Trinajstić information content (AvgIpc) is 2.95. The second-order valence-electron chi connectivity index (χ2n) is 6.00. The molecule has 0 aromatic heterocycles. The Bertz CT molecular complexity index is 580. The standard InChI is InChI=1S/C17H27NO2S/c1-4-11-18-17(5-2)13(3)21(19,20)16-10-9-14-7-6-8-15(14)12-16/h9-10,12-13,17-18H,4-8,11H2,1-3H3. The van der Waals surface area contributed by atoms with E-state index >= 15 is 0 Å². The van der Waals surface area contributed by atoms with Gasteiger partial charge < -0.3 is 5.32 Å². The van der Waals surface area contributed by atoms with Gasteiger partial charge in [-0.15, -0.1) is 0 Å². The van der Waals surface area contributed by atoms with E-state index in [0.717, 1.165) is 38.6 Å². The van der Waals surface area contributed by atoms with Crippen LogP contribution in [0.2, 0.25) is 0 Å². The molecule has 0 heterocycles. The summed E-state index contributed by atoms with van der Waals surface area (Å²) >= 11 is 0. The summed E-state index contributed by atoms with van der Waals surface area (Å²) in [5.41, 5.74) is 2.54. The molecule has 0 saturated heterocycles. The van der Waals surface area contributed by atoms with E-state index in [0.29, 0.717) is 4.90 Å². The van der Waals surface area contributed by atoms with E-state index in [2.05, 4.69) is 12.2 Å². The molecule has 1 aliphatic rings. The first-order chi connectivity index (χ1) is 10.0. The van der Waals surface area contributed by atoms with Crippen LogP contribution in [0.15, 0.2) is 23.1 Å². The second kappa shape index (κ2) is 6.93. The lowest BCUT2D eigenvalue weighted by Crippen LogP contribution is -2.42. The predicted octanol–water partition coefficient (Wildman–Crippen LogP) is 3.12. The molecule has 118 valence electrons. The van der Waals surface area contributed by atoms with Crippen LogP contribution in [-0.2, 0) is 22.7 Å². The second-order valence-corrected chi connectivity index (χ2v) is 8.31. The molecule has 2 rings (SSSR count). The molecule has 1 aromatic carbocycles. The molecule has 3 nitrogen and oxygen atoms in total. The van der Waals surface area contributed by atoms with E-state index in [1.807, 2.05) is 26.0 Å². The maximum atomic E-state index is 12.9. The van der Waals surface area contributed by atoms with Gasteiger partial charge >= 0.3 is 0 Å². The highest BCUT2D eigenvalue weighted by atomic mass is 32.2. The lowest BCUT2D eigenvalue weighted by Gasteiger charge is -2.24. The number of sulfone groups is 1. The molecule has 0 spiro atoms. The van der Waals surface area contributed by atoms with Gasteiger partial charge in [-0.05, 0) is 68.8 Å². The largest absolute Gasteiger partial charge is 0.313 e. The fourth-order valence-electron chi connectivity index (χ4n) is 3.13. The summed E-state index contributed by atoms with van der Waals surface area (Å²) in [6, 6.07) is 5.72. The Morgan fingerprint density at radius 2 is 1.90 bits per heavy atom. The highest BCUT2D eigenvalue weighted by Crippen LogP contribution is 2.27. The Morgan fingerprint density at radius 3 is 2.57 bits per heavy atom. The van der Waals surface area contributed by atoms with Crippen molar-refractivity contribution >= 4 is 9.84 Å². The maximum absolute atomic E-state index is 12.9. The van der Waals surface area contributed by atoms with Crippen LogP contribution < -0.4 is 5.32 Å². The van der Waals surface area contributed by atoms with Gasteiger partial charge in [0.05, 0.1) is 10.1 Å². The zero-order valence-electron chi connectivity index (χ0n) is 13.4. The van der Waals surface area contributed by atoms with Crippen molar-refractivity contribution in [2.24, 2.45) is 0 Å². The van der Waals surface area contributed by atoms with E-state index in [-0.39, 0.29) is 6.04 Å². The van der Waals surface area contributed by atoms with Crippen LogP contribution in [0.3, 0.4) is 0 Å².